The third kappa shape index (κ3) is 6.49. The monoisotopic (exact) mass is 894 g/mol. The number of phenols is 1. The van der Waals surface area contributed by atoms with Crippen molar-refractivity contribution in [3.63, 3.8) is 0 Å². The van der Waals surface area contributed by atoms with Gasteiger partial charge >= 0.3 is 0 Å². The van der Waals surface area contributed by atoms with Gasteiger partial charge in [-0.15, -0.1) is 24.3 Å². The number of para-hydroxylation sites is 3. The van der Waals surface area contributed by atoms with Crippen molar-refractivity contribution >= 4 is 21.9 Å². The molecule has 0 saturated heterocycles. The number of aromatic nitrogens is 4. The molecule has 0 aliphatic carbocycles. The van der Waals surface area contributed by atoms with Crippen LogP contribution in [0.25, 0.3) is 83.6 Å². The Balaban J connectivity index is 0.00000427. The molecular formula is C49H39N4OPt-. The van der Waals surface area contributed by atoms with Gasteiger partial charge in [-0.2, -0.15) is 0 Å². The minimum absolute atomic E-state index is 0. The zero-order valence-corrected chi connectivity index (χ0v) is 33.3. The van der Waals surface area contributed by atoms with Gasteiger partial charge in [-0.3, -0.25) is 9.97 Å². The molecular weight excluding hydrogens is 856 g/mol. The smallest absolute Gasteiger partial charge is 0.124 e. The number of aromatic hydroxyl groups is 1. The van der Waals surface area contributed by atoms with Crippen LogP contribution in [0.15, 0.2) is 158 Å². The number of hydrogen-bond acceptors (Lipinski definition) is 3. The average Bonchev–Trinajstić information content (AvgIpc) is 3.75. The van der Waals surface area contributed by atoms with Gasteiger partial charge in [0, 0.05) is 74.1 Å². The Morgan fingerprint density at radius 2 is 1.25 bits per heavy atom. The first-order valence-corrected chi connectivity index (χ1v) is 18.3. The molecule has 9 aromatic rings. The predicted octanol–water partition coefficient (Wildman–Crippen LogP) is 12.0. The number of benzene rings is 5. The predicted molar refractivity (Wildman–Crippen MR) is 222 cm³/mol. The van der Waals surface area contributed by atoms with E-state index in [0.717, 1.165) is 61.5 Å². The van der Waals surface area contributed by atoms with E-state index >= 15 is 0 Å². The molecule has 0 fully saturated rings. The van der Waals surface area contributed by atoms with Gasteiger partial charge in [0.05, 0.1) is 22.2 Å². The second-order valence-electron chi connectivity index (χ2n) is 14.9. The maximum Gasteiger partial charge on any atom is 0.124 e. The van der Waals surface area contributed by atoms with E-state index in [1.165, 1.54) is 16.5 Å². The number of phenolic OH excluding ortho intramolecular Hbond substituents is 1. The van der Waals surface area contributed by atoms with Crippen molar-refractivity contribution in [3.05, 3.63) is 170 Å². The van der Waals surface area contributed by atoms with Gasteiger partial charge in [0.25, 0.3) is 0 Å². The van der Waals surface area contributed by atoms with Crippen LogP contribution in [0.2, 0.25) is 0 Å². The summed E-state index contributed by atoms with van der Waals surface area (Å²) >= 11 is 0. The fraction of sp³-hybridized carbons (Fsp3) is 0.102. The van der Waals surface area contributed by atoms with Crippen molar-refractivity contribution in [3.8, 4) is 67.5 Å². The molecule has 9 rings (SSSR count). The molecule has 4 aromatic heterocycles. The zero-order valence-electron chi connectivity index (χ0n) is 31.1. The second-order valence-corrected chi connectivity index (χ2v) is 14.9. The molecule has 0 saturated carbocycles. The molecule has 0 spiro atoms. The number of rotatable bonds is 6. The Bertz CT molecular complexity index is 2840. The fourth-order valence-electron chi connectivity index (χ4n) is 7.62. The topological polar surface area (TPSA) is 55.9 Å². The Morgan fingerprint density at radius 1 is 0.600 bits per heavy atom. The first kappa shape index (κ1) is 36.0. The van der Waals surface area contributed by atoms with E-state index in [-0.39, 0.29) is 32.2 Å². The Kier molecular flexibility index (Phi) is 9.36. The molecule has 55 heavy (non-hydrogen) atoms. The van der Waals surface area contributed by atoms with Crippen LogP contribution in [0, 0.1) is 6.07 Å². The number of fused-ring (bicyclic) bond motifs is 3. The largest absolute Gasteiger partial charge is 0.507 e. The zero-order chi connectivity index (χ0) is 37.0. The third-order valence-corrected chi connectivity index (χ3v) is 10.3. The van der Waals surface area contributed by atoms with Crippen LogP contribution in [0.3, 0.4) is 0 Å². The van der Waals surface area contributed by atoms with E-state index in [1.807, 2.05) is 42.6 Å². The fourth-order valence-corrected chi connectivity index (χ4v) is 7.62. The molecule has 0 aliphatic heterocycles. The van der Waals surface area contributed by atoms with Gasteiger partial charge in [0.2, 0.25) is 0 Å². The van der Waals surface area contributed by atoms with Gasteiger partial charge in [0.15, 0.2) is 0 Å². The van der Waals surface area contributed by atoms with Crippen LogP contribution >= 0.6 is 0 Å². The van der Waals surface area contributed by atoms with Crippen LogP contribution in [0.5, 0.6) is 5.75 Å². The van der Waals surface area contributed by atoms with Gasteiger partial charge < -0.3 is 14.2 Å². The molecule has 0 unspecified atom stereocenters. The number of nitrogens with zero attached hydrogens (tertiary/aromatic N) is 4. The SMILES string of the molecule is Cn1ccc2c1c1cccc(-c3ccccc3-c3cc(-c4[c-]c(-c5cc(C(C)(C)C)ccn5)ccc4)nc(-c4ccccc4O)c3)c1n2-c1ccccc1.[Pt]. The molecule has 6 heteroatoms. The summed E-state index contributed by atoms with van der Waals surface area (Å²) in [5.74, 6) is 0.180. The second kappa shape index (κ2) is 14.3. The summed E-state index contributed by atoms with van der Waals surface area (Å²) in [4.78, 5) is 9.90. The van der Waals surface area contributed by atoms with Crippen molar-refractivity contribution in [1.29, 1.82) is 0 Å². The van der Waals surface area contributed by atoms with E-state index in [1.54, 1.807) is 6.07 Å². The summed E-state index contributed by atoms with van der Waals surface area (Å²) < 4.78 is 4.59. The molecule has 272 valence electrons. The molecule has 0 aliphatic rings. The van der Waals surface area contributed by atoms with E-state index in [0.29, 0.717) is 11.3 Å². The van der Waals surface area contributed by atoms with Crippen LogP contribution in [0.4, 0.5) is 0 Å². The van der Waals surface area contributed by atoms with Crippen LogP contribution < -0.4 is 0 Å². The molecule has 0 atom stereocenters. The number of aryl methyl sites for hydroxylation is 1. The molecule has 0 amide bonds. The van der Waals surface area contributed by atoms with Crippen LogP contribution in [-0.4, -0.2) is 24.2 Å². The van der Waals surface area contributed by atoms with E-state index in [2.05, 4.69) is 152 Å². The first-order chi connectivity index (χ1) is 26.2. The summed E-state index contributed by atoms with van der Waals surface area (Å²) in [5, 5.41) is 12.3. The maximum absolute atomic E-state index is 11.1. The molecule has 0 radical (unpaired) electrons. The Hall–Kier alpha value is -6.03. The molecule has 5 nitrogen and oxygen atoms in total. The van der Waals surface area contributed by atoms with Crippen molar-refractivity contribution in [2.24, 2.45) is 7.05 Å². The first-order valence-electron chi connectivity index (χ1n) is 18.3. The minimum Gasteiger partial charge on any atom is -0.507 e. The van der Waals surface area contributed by atoms with E-state index in [9.17, 15) is 5.11 Å². The molecule has 5 aromatic carbocycles. The number of pyridine rings is 2. The summed E-state index contributed by atoms with van der Waals surface area (Å²) in [6, 6.07) is 53.6. The third-order valence-electron chi connectivity index (χ3n) is 10.3. The van der Waals surface area contributed by atoms with Crippen LogP contribution in [-0.2, 0) is 33.5 Å². The van der Waals surface area contributed by atoms with E-state index in [4.69, 9.17) is 9.97 Å². The standard InChI is InChI=1S/C49H39N4O.Pt/c1-49(2,3)35-24-26-50-42(31-35)32-14-12-15-33(28-32)43-29-34(30-44(51-43)40-20-10-11-23-46(40)54)37-18-8-9-19-38(37)39-21-13-22-41-47(39)53(36-16-6-5-7-17-36)45-25-27-52(4)48(41)45;/h5-27,29-31,54H,1-4H3;/q-1;. The normalized spacial score (nSPS) is 11.6. The van der Waals surface area contributed by atoms with Crippen molar-refractivity contribution in [2.45, 2.75) is 26.2 Å². The van der Waals surface area contributed by atoms with Crippen LogP contribution in [0.1, 0.15) is 26.3 Å². The van der Waals surface area contributed by atoms with Crippen molar-refractivity contribution in [1.82, 2.24) is 19.1 Å². The molecule has 4 heterocycles. The summed E-state index contributed by atoms with van der Waals surface area (Å²) in [6.45, 7) is 6.63. The van der Waals surface area contributed by atoms with Crippen molar-refractivity contribution < 1.29 is 26.2 Å². The Morgan fingerprint density at radius 3 is 2.02 bits per heavy atom. The summed E-state index contributed by atoms with van der Waals surface area (Å²) in [6.07, 6.45) is 4.01. The van der Waals surface area contributed by atoms with Gasteiger partial charge in [-0.25, -0.2) is 0 Å². The average molecular weight is 895 g/mol. The Labute approximate surface area is 335 Å². The summed E-state index contributed by atoms with van der Waals surface area (Å²) in [5.41, 5.74) is 14.8. The minimum atomic E-state index is -0.00897. The van der Waals surface area contributed by atoms with Crippen molar-refractivity contribution in [2.75, 3.05) is 0 Å². The quantitative estimate of drug-likeness (QED) is 0.169. The van der Waals surface area contributed by atoms with E-state index < -0.39 is 0 Å². The van der Waals surface area contributed by atoms with Gasteiger partial charge in [-0.1, -0.05) is 117 Å². The van der Waals surface area contributed by atoms with Gasteiger partial charge in [0.1, 0.15) is 5.75 Å². The van der Waals surface area contributed by atoms with Gasteiger partial charge in [-0.05, 0) is 70.1 Å². The maximum atomic E-state index is 11.1. The molecule has 0 bridgehead atoms. The molecule has 1 N–H and O–H groups in total. The summed E-state index contributed by atoms with van der Waals surface area (Å²) in [7, 11) is 2.11. The number of hydrogen-bond donors (Lipinski definition) is 1.